The Labute approximate surface area is 134 Å². The van der Waals surface area contributed by atoms with Crippen molar-refractivity contribution < 1.29 is 9.47 Å². The summed E-state index contributed by atoms with van der Waals surface area (Å²) in [6.45, 7) is 2.05. The normalized spacial score (nSPS) is 13.8. The molecule has 1 aromatic heterocycles. The summed E-state index contributed by atoms with van der Waals surface area (Å²) in [5.74, 6) is 1.45. The fraction of sp³-hybridized carbons (Fsp3) is 0.375. The molecule has 0 fully saturated rings. The molecule has 114 valence electrons. The fourth-order valence-electron chi connectivity index (χ4n) is 2.36. The number of thiophene rings is 1. The Balaban J connectivity index is 2.12. The minimum atomic E-state index is -0.340. The van der Waals surface area contributed by atoms with E-state index in [0.717, 1.165) is 34.2 Å². The maximum atomic E-state index is 6.44. The van der Waals surface area contributed by atoms with Crippen LogP contribution in [0.25, 0.3) is 0 Å². The van der Waals surface area contributed by atoms with Gasteiger partial charge in [0, 0.05) is 10.4 Å². The van der Waals surface area contributed by atoms with E-state index in [4.69, 9.17) is 26.8 Å². The zero-order valence-corrected chi connectivity index (χ0v) is 14.1. The Bertz CT molecular complexity index is 610. The lowest BCUT2D eigenvalue weighted by Gasteiger charge is -2.24. The minimum Gasteiger partial charge on any atom is -0.493 e. The molecule has 0 aliphatic rings. The van der Waals surface area contributed by atoms with Crippen molar-refractivity contribution >= 4 is 22.9 Å². The van der Waals surface area contributed by atoms with Crippen LogP contribution in [0.5, 0.6) is 11.5 Å². The molecule has 21 heavy (non-hydrogen) atoms. The Morgan fingerprint density at radius 2 is 1.81 bits per heavy atom. The highest BCUT2D eigenvalue weighted by atomic mass is 35.5. The molecule has 2 N–H and O–H groups in total. The van der Waals surface area contributed by atoms with Gasteiger partial charge in [0.25, 0.3) is 0 Å². The van der Waals surface area contributed by atoms with Crippen molar-refractivity contribution in [1.29, 1.82) is 0 Å². The molecule has 0 radical (unpaired) electrons. The van der Waals surface area contributed by atoms with Gasteiger partial charge in [0.1, 0.15) is 0 Å². The van der Waals surface area contributed by atoms with E-state index < -0.39 is 0 Å². The fourth-order valence-corrected chi connectivity index (χ4v) is 3.65. The monoisotopic (exact) mass is 325 g/mol. The second kappa shape index (κ2) is 6.69. The summed E-state index contributed by atoms with van der Waals surface area (Å²) in [6.07, 6.45) is 1.54. The third kappa shape index (κ3) is 4.37. The van der Waals surface area contributed by atoms with Crippen LogP contribution in [0.1, 0.15) is 17.4 Å². The summed E-state index contributed by atoms with van der Waals surface area (Å²) >= 11 is 7.55. The number of halogens is 1. The molecule has 3 nitrogen and oxygen atoms in total. The van der Waals surface area contributed by atoms with Crippen molar-refractivity contribution in [2.24, 2.45) is 5.73 Å². The van der Waals surface area contributed by atoms with Gasteiger partial charge in [-0.1, -0.05) is 17.7 Å². The molecule has 1 heterocycles. The molecule has 0 aliphatic carbocycles. The molecule has 2 rings (SSSR count). The summed E-state index contributed by atoms with van der Waals surface area (Å²) in [7, 11) is 3.27. The van der Waals surface area contributed by atoms with E-state index in [1.54, 1.807) is 25.6 Å². The van der Waals surface area contributed by atoms with Crippen LogP contribution in [-0.4, -0.2) is 19.8 Å². The smallest absolute Gasteiger partial charge is 0.160 e. The number of rotatable bonds is 6. The molecule has 0 spiro atoms. The van der Waals surface area contributed by atoms with E-state index in [1.807, 2.05) is 30.3 Å². The molecule has 1 aromatic carbocycles. The number of hydrogen-bond donors (Lipinski definition) is 1. The molecule has 0 bridgehead atoms. The summed E-state index contributed by atoms with van der Waals surface area (Å²) in [6, 6.07) is 9.85. The molecule has 0 aliphatic heterocycles. The highest BCUT2D eigenvalue weighted by Crippen LogP contribution is 2.30. The van der Waals surface area contributed by atoms with Crippen molar-refractivity contribution in [2.45, 2.75) is 25.3 Å². The van der Waals surface area contributed by atoms with E-state index in [9.17, 15) is 0 Å². The minimum absolute atomic E-state index is 0.340. The summed E-state index contributed by atoms with van der Waals surface area (Å²) in [5.41, 5.74) is 7.23. The summed E-state index contributed by atoms with van der Waals surface area (Å²) in [5, 5.41) is 0. The molecule has 0 saturated carbocycles. The molecule has 1 unspecified atom stereocenters. The lowest BCUT2D eigenvalue weighted by Crippen LogP contribution is -2.40. The van der Waals surface area contributed by atoms with Crippen LogP contribution in [0.4, 0.5) is 0 Å². The first-order valence-electron chi connectivity index (χ1n) is 6.67. The van der Waals surface area contributed by atoms with E-state index in [2.05, 4.69) is 6.92 Å². The average Bonchev–Trinajstić information content (AvgIpc) is 2.82. The van der Waals surface area contributed by atoms with Crippen LogP contribution in [0.3, 0.4) is 0 Å². The largest absolute Gasteiger partial charge is 0.493 e. The molecule has 0 amide bonds. The van der Waals surface area contributed by atoms with Crippen molar-refractivity contribution in [2.75, 3.05) is 14.2 Å². The number of nitrogens with two attached hydrogens (primary N) is 1. The molecule has 1 atom stereocenters. The molecule has 2 aromatic rings. The maximum Gasteiger partial charge on any atom is 0.160 e. The van der Waals surface area contributed by atoms with Crippen LogP contribution in [-0.2, 0) is 12.8 Å². The van der Waals surface area contributed by atoms with Gasteiger partial charge in [-0.05, 0) is 49.6 Å². The zero-order valence-electron chi connectivity index (χ0n) is 12.5. The molecule has 5 heteroatoms. The Hall–Kier alpha value is -1.23. The Morgan fingerprint density at radius 3 is 2.38 bits per heavy atom. The van der Waals surface area contributed by atoms with Gasteiger partial charge in [-0.15, -0.1) is 11.3 Å². The predicted molar refractivity (Wildman–Crippen MR) is 88.9 cm³/mol. The standard InChI is InChI=1S/C16H20ClNO2S/c1-16(18,10-12-5-7-15(17)21-12)9-11-4-6-13(19-2)14(8-11)20-3/h4-8H,9-10,18H2,1-3H3. The number of hydrogen-bond acceptors (Lipinski definition) is 4. The highest BCUT2D eigenvalue weighted by Gasteiger charge is 2.21. The van der Waals surface area contributed by atoms with Gasteiger partial charge in [0.15, 0.2) is 11.5 Å². The highest BCUT2D eigenvalue weighted by molar-refractivity contribution is 7.16. The summed E-state index contributed by atoms with van der Waals surface area (Å²) < 4.78 is 11.4. The molecular formula is C16H20ClNO2S. The molecule has 0 saturated heterocycles. The zero-order chi connectivity index (χ0) is 15.5. The second-order valence-electron chi connectivity index (χ2n) is 5.40. The van der Waals surface area contributed by atoms with E-state index in [0.29, 0.717) is 0 Å². The van der Waals surface area contributed by atoms with E-state index in [-0.39, 0.29) is 5.54 Å². The van der Waals surface area contributed by atoms with Gasteiger partial charge in [-0.3, -0.25) is 0 Å². The van der Waals surface area contributed by atoms with Crippen LogP contribution < -0.4 is 15.2 Å². The lowest BCUT2D eigenvalue weighted by molar-refractivity contribution is 0.354. The lowest BCUT2D eigenvalue weighted by atomic mass is 9.90. The quantitative estimate of drug-likeness (QED) is 0.875. The number of methoxy groups -OCH3 is 2. The van der Waals surface area contributed by atoms with Crippen molar-refractivity contribution in [3.63, 3.8) is 0 Å². The van der Waals surface area contributed by atoms with Gasteiger partial charge < -0.3 is 15.2 Å². The van der Waals surface area contributed by atoms with Crippen LogP contribution in [0.15, 0.2) is 30.3 Å². The van der Waals surface area contributed by atoms with Crippen molar-refractivity contribution in [3.05, 3.63) is 45.1 Å². The van der Waals surface area contributed by atoms with Gasteiger partial charge in [-0.2, -0.15) is 0 Å². The number of ether oxygens (including phenoxy) is 2. The van der Waals surface area contributed by atoms with Crippen LogP contribution in [0, 0.1) is 0 Å². The average molecular weight is 326 g/mol. The first kappa shape index (κ1) is 16.1. The van der Waals surface area contributed by atoms with Crippen molar-refractivity contribution in [1.82, 2.24) is 0 Å². The maximum absolute atomic E-state index is 6.44. The van der Waals surface area contributed by atoms with E-state index >= 15 is 0 Å². The third-order valence-electron chi connectivity index (χ3n) is 3.26. The predicted octanol–water partition coefficient (Wildman–Crippen LogP) is 3.92. The number of benzene rings is 1. The first-order valence-corrected chi connectivity index (χ1v) is 7.87. The van der Waals surface area contributed by atoms with E-state index in [1.165, 1.54) is 4.88 Å². The van der Waals surface area contributed by atoms with Gasteiger partial charge in [-0.25, -0.2) is 0 Å². The van der Waals surface area contributed by atoms with Gasteiger partial charge >= 0.3 is 0 Å². The first-order chi connectivity index (χ1) is 9.93. The topological polar surface area (TPSA) is 44.5 Å². The summed E-state index contributed by atoms with van der Waals surface area (Å²) in [4.78, 5) is 1.20. The van der Waals surface area contributed by atoms with Crippen LogP contribution in [0.2, 0.25) is 4.34 Å². The van der Waals surface area contributed by atoms with Gasteiger partial charge in [0.2, 0.25) is 0 Å². The SMILES string of the molecule is COc1ccc(CC(C)(N)Cc2ccc(Cl)s2)cc1OC. The van der Waals surface area contributed by atoms with Crippen LogP contribution >= 0.6 is 22.9 Å². The molecular weight excluding hydrogens is 306 g/mol. The Kier molecular flexibility index (Phi) is 5.14. The third-order valence-corrected chi connectivity index (χ3v) is 4.49. The van der Waals surface area contributed by atoms with Gasteiger partial charge in [0.05, 0.1) is 18.6 Å². The van der Waals surface area contributed by atoms with Crippen molar-refractivity contribution in [3.8, 4) is 11.5 Å². The Morgan fingerprint density at radius 1 is 1.10 bits per heavy atom. The second-order valence-corrected chi connectivity index (χ2v) is 7.20.